The summed E-state index contributed by atoms with van der Waals surface area (Å²) in [6.45, 7) is 1.87. The van der Waals surface area contributed by atoms with Gasteiger partial charge in [0.05, 0.1) is 5.25 Å². The third-order valence-electron chi connectivity index (χ3n) is 3.56. The predicted octanol–water partition coefficient (Wildman–Crippen LogP) is 4.64. The van der Waals surface area contributed by atoms with E-state index in [9.17, 15) is 4.79 Å². The van der Waals surface area contributed by atoms with Crippen LogP contribution in [0.15, 0.2) is 58.9 Å². The molecule has 0 aliphatic rings. The molecule has 0 radical (unpaired) electrons. The Kier molecular flexibility index (Phi) is 6.31. The Morgan fingerprint density at radius 3 is 2.41 bits per heavy atom. The number of amides is 1. The van der Waals surface area contributed by atoms with Gasteiger partial charge in [-0.25, -0.2) is 0 Å². The summed E-state index contributed by atoms with van der Waals surface area (Å²) in [6, 6.07) is 17.3. The Bertz CT molecular complexity index is 882. The highest BCUT2D eigenvalue weighted by atomic mass is 32.2. The molecule has 0 spiro atoms. The SMILES string of the molecule is C[C@@H](Sc1nnc(Nc2ccc(Oc3ccccc3)cc2)s1)C(=O)N(C)C. The molecule has 3 rings (SSSR count). The van der Waals surface area contributed by atoms with Gasteiger partial charge in [-0.3, -0.25) is 4.79 Å². The highest BCUT2D eigenvalue weighted by molar-refractivity contribution is 8.02. The van der Waals surface area contributed by atoms with Crippen molar-refractivity contribution < 1.29 is 9.53 Å². The van der Waals surface area contributed by atoms with Crippen LogP contribution in [0.5, 0.6) is 11.5 Å². The molecule has 0 fully saturated rings. The fourth-order valence-corrected chi connectivity index (χ4v) is 4.29. The zero-order chi connectivity index (χ0) is 19.2. The molecule has 0 unspecified atom stereocenters. The van der Waals surface area contributed by atoms with E-state index in [-0.39, 0.29) is 11.2 Å². The van der Waals surface area contributed by atoms with Gasteiger partial charge in [0.2, 0.25) is 11.0 Å². The maximum atomic E-state index is 11.9. The van der Waals surface area contributed by atoms with E-state index >= 15 is 0 Å². The van der Waals surface area contributed by atoms with Crippen molar-refractivity contribution >= 4 is 39.8 Å². The van der Waals surface area contributed by atoms with Crippen LogP contribution in [0.2, 0.25) is 0 Å². The lowest BCUT2D eigenvalue weighted by Gasteiger charge is -2.14. The third kappa shape index (κ3) is 5.45. The normalized spacial score (nSPS) is 11.7. The first-order chi connectivity index (χ1) is 13.0. The van der Waals surface area contributed by atoms with Gasteiger partial charge in [0.1, 0.15) is 11.5 Å². The summed E-state index contributed by atoms with van der Waals surface area (Å²) < 4.78 is 6.53. The summed E-state index contributed by atoms with van der Waals surface area (Å²) >= 11 is 2.83. The summed E-state index contributed by atoms with van der Waals surface area (Å²) in [5.74, 6) is 1.61. The van der Waals surface area contributed by atoms with Crippen LogP contribution in [0.1, 0.15) is 6.92 Å². The Hall–Kier alpha value is -2.58. The van der Waals surface area contributed by atoms with E-state index in [2.05, 4.69) is 15.5 Å². The van der Waals surface area contributed by atoms with E-state index in [0.29, 0.717) is 5.13 Å². The Labute approximate surface area is 166 Å². The van der Waals surface area contributed by atoms with Crippen molar-refractivity contribution in [2.75, 3.05) is 19.4 Å². The number of para-hydroxylation sites is 1. The van der Waals surface area contributed by atoms with Crippen LogP contribution < -0.4 is 10.1 Å². The minimum atomic E-state index is -0.199. The molecule has 0 aliphatic heterocycles. The lowest BCUT2D eigenvalue weighted by Crippen LogP contribution is -2.29. The molecule has 0 bridgehead atoms. The number of thioether (sulfide) groups is 1. The number of hydrogen-bond donors (Lipinski definition) is 1. The molecule has 1 atom stereocenters. The number of ether oxygens (including phenoxy) is 1. The lowest BCUT2D eigenvalue weighted by molar-refractivity contribution is -0.127. The average Bonchev–Trinajstić information content (AvgIpc) is 3.10. The minimum absolute atomic E-state index is 0.0544. The van der Waals surface area contributed by atoms with Crippen molar-refractivity contribution in [3.05, 3.63) is 54.6 Å². The summed E-state index contributed by atoms with van der Waals surface area (Å²) in [5, 5.41) is 12.0. The number of rotatable bonds is 7. The van der Waals surface area contributed by atoms with Crippen LogP contribution in [0.4, 0.5) is 10.8 Å². The Balaban J connectivity index is 1.58. The first kappa shape index (κ1) is 19.2. The fraction of sp³-hybridized carbons (Fsp3) is 0.211. The number of nitrogens with zero attached hydrogens (tertiary/aromatic N) is 3. The zero-order valence-electron chi connectivity index (χ0n) is 15.2. The molecule has 1 heterocycles. The van der Waals surface area contributed by atoms with Crippen LogP contribution in [0.3, 0.4) is 0 Å². The third-order valence-corrected chi connectivity index (χ3v) is 5.57. The summed E-state index contributed by atoms with van der Waals surface area (Å²) in [6.07, 6.45) is 0. The van der Waals surface area contributed by atoms with Crippen LogP contribution in [-0.4, -0.2) is 40.3 Å². The first-order valence-electron chi connectivity index (χ1n) is 8.32. The van der Waals surface area contributed by atoms with Crippen LogP contribution in [0, 0.1) is 0 Å². The maximum absolute atomic E-state index is 11.9. The van der Waals surface area contributed by atoms with Crippen molar-refractivity contribution in [1.29, 1.82) is 0 Å². The van der Waals surface area contributed by atoms with E-state index in [1.807, 2.05) is 61.5 Å². The van der Waals surface area contributed by atoms with Gasteiger partial charge in [-0.15, -0.1) is 10.2 Å². The van der Waals surface area contributed by atoms with E-state index in [4.69, 9.17) is 4.74 Å². The molecule has 1 aromatic heterocycles. The zero-order valence-corrected chi connectivity index (χ0v) is 16.9. The molecule has 0 saturated heterocycles. The summed E-state index contributed by atoms with van der Waals surface area (Å²) in [4.78, 5) is 13.5. The van der Waals surface area contributed by atoms with Gasteiger partial charge in [-0.2, -0.15) is 0 Å². The molecule has 1 amide bonds. The van der Waals surface area contributed by atoms with Crippen molar-refractivity contribution in [2.45, 2.75) is 16.5 Å². The fourth-order valence-electron chi connectivity index (χ4n) is 2.23. The topological polar surface area (TPSA) is 67.4 Å². The summed E-state index contributed by atoms with van der Waals surface area (Å²) in [5.41, 5.74) is 0.889. The smallest absolute Gasteiger partial charge is 0.235 e. The molecular formula is C19H20N4O2S2. The highest BCUT2D eigenvalue weighted by Gasteiger charge is 2.18. The molecule has 0 aliphatic carbocycles. The van der Waals surface area contributed by atoms with Gasteiger partial charge in [0.25, 0.3) is 0 Å². The van der Waals surface area contributed by atoms with Gasteiger partial charge in [0, 0.05) is 19.8 Å². The molecule has 27 heavy (non-hydrogen) atoms. The second-order valence-electron chi connectivity index (χ2n) is 5.93. The van der Waals surface area contributed by atoms with Crippen LogP contribution >= 0.6 is 23.1 Å². The molecular weight excluding hydrogens is 380 g/mol. The van der Waals surface area contributed by atoms with E-state index < -0.39 is 0 Å². The molecule has 140 valence electrons. The summed E-state index contributed by atoms with van der Waals surface area (Å²) in [7, 11) is 3.50. The quantitative estimate of drug-likeness (QED) is 0.583. The van der Waals surface area contributed by atoms with Crippen LogP contribution in [0.25, 0.3) is 0 Å². The number of carbonyl (C=O) groups excluding carboxylic acids is 1. The number of carbonyl (C=O) groups is 1. The van der Waals surface area contributed by atoms with Gasteiger partial charge in [-0.1, -0.05) is 41.3 Å². The number of nitrogens with one attached hydrogen (secondary N) is 1. The van der Waals surface area contributed by atoms with Crippen molar-refractivity contribution in [3.8, 4) is 11.5 Å². The average molecular weight is 401 g/mol. The Morgan fingerprint density at radius 2 is 1.74 bits per heavy atom. The molecule has 2 aromatic carbocycles. The van der Waals surface area contributed by atoms with Crippen molar-refractivity contribution in [1.82, 2.24) is 15.1 Å². The van der Waals surface area contributed by atoms with Gasteiger partial charge < -0.3 is 15.0 Å². The standard InChI is InChI=1S/C19H20N4O2S2/c1-13(17(24)23(2)3)26-19-22-21-18(27-19)20-14-9-11-16(12-10-14)25-15-7-5-4-6-8-15/h4-13H,1-3H3,(H,20,21)/t13-/m1/s1. The first-order valence-corrected chi connectivity index (χ1v) is 10.0. The second kappa shape index (κ2) is 8.88. The Morgan fingerprint density at radius 1 is 1.07 bits per heavy atom. The van der Waals surface area contributed by atoms with Crippen LogP contribution in [-0.2, 0) is 4.79 Å². The highest BCUT2D eigenvalue weighted by Crippen LogP contribution is 2.31. The van der Waals surface area contributed by atoms with Gasteiger partial charge in [0.15, 0.2) is 4.34 Å². The second-order valence-corrected chi connectivity index (χ2v) is 8.50. The molecule has 8 heteroatoms. The predicted molar refractivity (Wildman–Crippen MR) is 110 cm³/mol. The van der Waals surface area contributed by atoms with Gasteiger partial charge in [-0.05, 0) is 43.3 Å². The number of aromatic nitrogens is 2. The lowest BCUT2D eigenvalue weighted by atomic mass is 10.3. The number of anilines is 2. The van der Waals surface area contributed by atoms with E-state index in [0.717, 1.165) is 21.5 Å². The number of benzene rings is 2. The molecule has 0 saturated carbocycles. The monoisotopic (exact) mass is 400 g/mol. The van der Waals surface area contributed by atoms with Crippen molar-refractivity contribution in [3.63, 3.8) is 0 Å². The van der Waals surface area contributed by atoms with Crippen molar-refractivity contribution in [2.24, 2.45) is 0 Å². The van der Waals surface area contributed by atoms with E-state index in [1.165, 1.54) is 23.1 Å². The molecule has 1 N–H and O–H groups in total. The van der Waals surface area contributed by atoms with E-state index in [1.54, 1.807) is 19.0 Å². The minimum Gasteiger partial charge on any atom is -0.457 e. The largest absolute Gasteiger partial charge is 0.457 e. The molecule has 3 aromatic rings. The van der Waals surface area contributed by atoms with Gasteiger partial charge >= 0.3 is 0 Å². The maximum Gasteiger partial charge on any atom is 0.235 e. The molecule has 6 nitrogen and oxygen atoms in total. The number of hydrogen-bond acceptors (Lipinski definition) is 7.